The molecule has 0 aliphatic carbocycles. The first-order valence-corrected chi connectivity index (χ1v) is 7.33. The van der Waals surface area contributed by atoms with Gasteiger partial charge in [-0.1, -0.05) is 47.0 Å². The fraction of sp³-hybridized carbons (Fsp3) is 0.176. The van der Waals surface area contributed by atoms with Crippen LogP contribution in [-0.4, -0.2) is 10.3 Å². The third-order valence-corrected chi connectivity index (χ3v) is 3.49. The minimum atomic E-state index is 0.180. The molecular weight excluding hydrogens is 303 g/mol. The third kappa shape index (κ3) is 4.69. The lowest BCUT2D eigenvalue weighted by molar-refractivity contribution is 1.36. The van der Waals surface area contributed by atoms with Crippen molar-refractivity contribution < 1.29 is 0 Å². The lowest BCUT2D eigenvalue weighted by Crippen LogP contribution is -1.98. The monoisotopic (exact) mass is 318 g/mol. The number of hydrogen-bond acceptors (Lipinski definition) is 2. The number of hydrogen-bond donors (Lipinski definition) is 0. The summed E-state index contributed by atoms with van der Waals surface area (Å²) in [5, 5.41) is 0.363. The van der Waals surface area contributed by atoms with Crippen LogP contribution in [-0.2, 0) is 0 Å². The fourth-order valence-electron chi connectivity index (χ4n) is 1.95. The summed E-state index contributed by atoms with van der Waals surface area (Å²) in [7, 11) is 0. The van der Waals surface area contributed by atoms with Crippen molar-refractivity contribution in [1.29, 1.82) is 0 Å². The summed E-state index contributed by atoms with van der Waals surface area (Å²) in [6.07, 6.45) is 0. The van der Waals surface area contributed by atoms with Crippen molar-refractivity contribution in [2.45, 2.75) is 20.8 Å². The first-order chi connectivity index (χ1) is 9.94. The molecule has 0 saturated heterocycles. The maximum Gasteiger partial charge on any atom is 0.166 e. The highest BCUT2D eigenvalue weighted by Crippen LogP contribution is 2.20. The molecule has 0 heterocycles. The van der Waals surface area contributed by atoms with Crippen LogP contribution >= 0.6 is 23.2 Å². The Kier molecular flexibility index (Phi) is 5.16. The Hall–Kier alpha value is -1.64. The Balaban J connectivity index is 2.27. The largest absolute Gasteiger partial charge is 0.233 e. The average Bonchev–Trinajstić information content (AvgIpc) is 2.40. The average molecular weight is 319 g/mol. The highest BCUT2D eigenvalue weighted by atomic mass is 35.5. The molecule has 2 rings (SSSR count). The molecule has 0 N–H and O–H groups in total. The van der Waals surface area contributed by atoms with Crippen molar-refractivity contribution in [3.8, 4) is 0 Å². The molecule has 2 nitrogen and oxygen atoms in total. The van der Waals surface area contributed by atoms with Crippen LogP contribution in [0.5, 0.6) is 0 Å². The Morgan fingerprint density at radius 2 is 1.14 bits per heavy atom. The molecule has 0 aromatic heterocycles. The van der Waals surface area contributed by atoms with Gasteiger partial charge in [0.1, 0.15) is 0 Å². The van der Waals surface area contributed by atoms with E-state index in [1.165, 1.54) is 5.56 Å². The van der Waals surface area contributed by atoms with Crippen LogP contribution in [0.3, 0.4) is 0 Å². The Bertz CT molecular complexity index is 681. The molecule has 0 spiro atoms. The third-order valence-electron chi connectivity index (χ3n) is 2.87. The van der Waals surface area contributed by atoms with Gasteiger partial charge in [0, 0.05) is 0 Å². The summed E-state index contributed by atoms with van der Waals surface area (Å²) in [6, 6.07) is 13.7. The van der Waals surface area contributed by atoms with E-state index in [-0.39, 0.29) is 10.3 Å². The molecule has 0 amide bonds. The molecule has 0 saturated carbocycles. The van der Waals surface area contributed by atoms with Gasteiger partial charge >= 0.3 is 0 Å². The number of aryl methyl sites for hydroxylation is 3. The molecule has 0 atom stereocenters. The molecular formula is C17H16Cl2N2. The number of nitrogens with zero attached hydrogens (tertiary/aromatic N) is 2. The van der Waals surface area contributed by atoms with Crippen LogP contribution in [0.1, 0.15) is 16.7 Å². The normalized spacial score (nSPS) is 12.6. The van der Waals surface area contributed by atoms with E-state index in [0.717, 1.165) is 22.5 Å². The van der Waals surface area contributed by atoms with Gasteiger partial charge in [0.2, 0.25) is 0 Å². The van der Waals surface area contributed by atoms with Crippen molar-refractivity contribution in [1.82, 2.24) is 0 Å². The van der Waals surface area contributed by atoms with Crippen molar-refractivity contribution in [2.75, 3.05) is 0 Å². The van der Waals surface area contributed by atoms with Crippen LogP contribution < -0.4 is 0 Å². The quantitative estimate of drug-likeness (QED) is 0.634. The van der Waals surface area contributed by atoms with E-state index in [0.29, 0.717) is 0 Å². The first-order valence-electron chi connectivity index (χ1n) is 6.58. The lowest BCUT2D eigenvalue weighted by Gasteiger charge is -2.01. The molecule has 21 heavy (non-hydrogen) atoms. The van der Waals surface area contributed by atoms with Gasteiger partial charge in [-0.15, -0.1) is 0 Å². The van der Waals surface area contributed by atoms with Gasteiger partial charge in [-0.3, -0.25) is 0 Å². The van der Waals surface area contributed by atoms with Gasteiger partial charge in [0.15, 0.2) is 10.3 Å². The molecule has 4 heteroatoms. The first kappa shape index (κ1) is 15.7. The maximum absolute atomic E-state index is 6.14. The topological polar surface area (TPSA) is 24.7 Å². The summed E-state index contributed by atoms with van der Waals surface area (Å²) >= 11 is 12.3. The standard InChI is InChI=1S/C17H16Cl2N2/c1-11-4-6-14(7-5-11)20-16(18)17(19)21-15-9-12(2)8-13(3)10-15/h4-10H,1-3H3. The van der Waals surface area contributed by atoms with E-state index < -0.39 is 0 Å². The maximum atomic E-state index is 6.14. The highest BCUT2D eigenvalue weighted by Gasteiger charge is 2.04. The van der Waals surface area contributed by atoms with Gasteiger partial charge in [0.25, 0.3) is 0 Å². The highest BCUT2D eigenvalue weighted by molar-refractivity contribution is 7.00. The second-order valence-electron chi connectivity index (χ2n) is 4.99. The zero-order valence-corrected chi connectivity index (χ0v) is 13.7. The van der Waals surface area contributed by atoms with Crippen LogP contribution in [0.2, 0.25) is 0 Å². The lowest BCUT2D eigenvalue weighted by atomic mass is 10.1. The smallest absolute Gasteiger partial charge is 0.166 e. The summed E-state index contributed by atoms with van der Waals surface area (Å²) in [4.78, 5) is 8.57. The van der Waals surface area contributed by atoms with Crippen LogP contribution in [0.15, 0.2) is 52.4 Å². The van der Waals surface area contributed by atoms with Crippen molar-refractivity contribution in [3.63, 3.8) is 0 Å². The van der Waals surface area contributed by atoms with Crippen LogP contribution in [0, 0.1) is 20.8 Å². The summed E-state index contributed by atoms with van der Waals surface area (Å²) in [5.74, 6) is 0. The van der Waals surface area contributed by atoms with E-state index in [9.17, 15) is 0 Å². The molecule has 2 aromatic rings. The molecule has 108 valence electrons. The minimum Gasteiger partial charge on any atom is -0.233 e. The second kappa shape index (κ2) is 6.88. The summed E-state index contributed by atoms with van der Waals surface area (Å²) in [6.45, 7) is 6.05. The molecule has 0 aliphatic heterocycles. The van der Waals surface area contributed by atoms with Crippen LogP contribution in [0.4, 0.5) is 11.4 Å². The number of rotatable bonds is 3. The van der Waals surface area contributed by atoms with Gasteiger partial charge in [0.05, 0.1) is 11.4 Å². The number of halogens is 2. The van der Waals surface area contributed by atoms with Crippen molar-refractivity contribution in [3.05, 3.63) is 59.2 Å². The minimum absolute atomic E-state index is 0.180. The summed E-state index contributed by atoms with van der Waals surface area (Å²) < 4.78 is 0. The van der Waals surface area contributed by atoms with Gasteiger partial charge in [-0.05, 0) is 56.2 Å². The van der Waals surface area contributed by atoms with E-state index >= 15 is 0 Å². The molecule has 0 fully saturated rings. The fourth-order valence-corrected chi connectivity index (χ4v) is 2.23. The van der Waals surface area contributed by atoms with Crippen LogP contribution in [0.25, 0.3) is 0 Å². The van der Waals surface area contributed by atoms with Gasteiger partial charge < -0.3 is 0 Å². The Morgan fingerprint density at radius 1 is 0.667 bits per heavy atom. The van der Waals surface area contributed by atoms with E-state index in [4.69, 9.17) is 23.2 Å². The van der Waals surface area contributed by atoms with Crippen molar-refractivity contribution in [2.24, 2.45) is 9.98 Å². The number of aliphatic imine (C=N–C) groups is 2. The predicted octanol–water partition coefficient (Wildman–Crippen LogP) is 5.85. The van der Waals surface area contributed by atoms with Gasteiger partial charge in [-0.25, -0.2) is 9.98 Å². The van der Waals surface area contributed by atoms with E-state index in [1.54, 1.807) is 0 Å². The number of benzene rings is 2. The Labute approximate surface area is 135 Å². The van der Waals surface area contributed by atoms with E-state index in [2.05, 4.69) is 16.1 Å². The second-order valence-corrected chi connectivity index (χ2v) is 5.70. The SMILES string of the molecule is Cc1ccc(N=C(Cl)C(Cl)=Nc2cc(C)cc(C)c2)cc1. The summed E-state index contributed by atoms with van der Waals surface area (Å²) in [5.41, 5.74) is 4.95. The predicted molar refractivity (Wildman–Crippen MR) is 93.0 cm³/mol. The Morgan fingerprint density at radius 3 is 1.67 bits per heavy atom. The molecule has 0 aliphatic rings. The molecule has 0 bridgehead atoms. The zero-order chi connectivity index (χ0) is 15.4. The zero-order valence-electron chi connectivity index (χ0n) is 12.2. The molecule has 0 unspecified atom stereocenters. The molecule has 2 aromatic carbocycles. The van der Waals surface area contributed by atoms with E-state index in [1.807, 2.05) is 57.2 Å². The molecule has 0 radical (unpaired) electrons. The van der Waals surface area contributed by atoms with Gasteiger partial charge in [-0.2, -0.15) is 0 Å². The van der Waals surface area contributed by atoms with Crippen molar-refractivity contribution >= 4 is 44.9 Å².